The number of hydrogen-bond acceptors (Lipinski definition) is 3. The Kier molecular flexibility index (Phi) is 10.4. The largest absolute Gasteiger partial charge is 0.354 e. The molecule has 1 unspecified atom stereocenters. The number of thioether (sulfide) groups is 1. The molecule has 5 nitrogen and oxygen atoms in total. The van der Waals surface area contributed by atoms with E-state index in [0.29, 0.717) is 29.8 Å². The fourth-order valence-corrected chi connectivity index (χ4v) is 4.14. The van der Waals surface area contributed by atoms with Crippen LogP contribution in [0.25, 0.3) is 0 Å². The summed E-state index contributed by atoms with van der Waals surface area (Å²) in [5.41, 5.74) is 1.80. The lowest BCUT2D eigenvalue weighted by Gasteiger charge is -2.36. The third-order valence-electron chi connectivity index (χ3n) is 4.32. The van der Waals surface area contributed by atoms with Gasteiger partial charge in [-0.1, -0.05) is 31.5 Å². The minimum Gasteiger partial charge on any atom is -0.354 e. The molecule has 1 aliphatic heterocycles. The van der Waals surface area contributed by atoms with Crippen LogP contribution in [0.3, 0.4) is 0 Å². The fourth-order valence-electron chi connectivity index (χ4n) is 2.84. The molecule has 0 saturated carbocycles. The molecule has 1 atom stereocenters. The number of carbonyl (C=O) groups excluding carboxylic acids is 1. The van der Waals surface area contributed by atoms with Crippen molar-refractivity contribution in [3.8, 4) is 0 Å². The molecule has 0 bridgehead atoms. The van der Waals surface area contributed by atoms with E-state index >= 15 is 0 Å². The molecule has 1 heterocycles. The second kappa shape index (κ2) is 11.7. The van der Waals surface area contributed by atoms with E-state index in [9.17, 15) is 4.79 Å². The summed E-state index contributed by atoms with van der Waals surface area (Å²) in [5.74, 6) is 2.69. The number of guanidine groups is 1. The van der Waals surface area contributed by atoms with Gasteiger partial charge in [0.25, 0.3) is 5.91 Å². The van der Waals surface area contributed by atoms with Crippen LogP contribution in [0, 0.1) is 12.8 Å². The van der Waals surface area contributed by atoms with Gasteiger partial charge in [0.05, 0.1) is 0 Å². The quantitative estimate of drug-likeness (QED) is 0.289. The minimum absolute atomic E-state index is 0. The number of rotatable bonds is 5. The van der Waals surface area contributed by atoms with Gasteiger partial charge in [0.2, 0.25) is 0 Å². The third kappa shape index (κ3) is 6.98. The summed E-state index contributed by atoms with van der Waals surface area (Å²) in [6.07, 6.45) is 0. The first-order chi connectivity index (χ1) is 12.0. The molecular formula is C19H31IN4OS. The van der Waals surface area contributed by atoms with E-state index in [2.05, 4.69) is 46.1 Å². The molecule has 26 heavy (non-hydrogen) atoms. The van der Waals surface area contributed by atoms with Crippen LogP contribution in [0.15, 0.2) is 29.3 Å². The van der Waals surface area contributed by atoms with Gasteiger partial charge in [-0.15, -0.1) is 24.0 Å². The van der Waals surface area contributed by atoms with Gasteiger partial charge in [0.1, 0.15) is 0 Å². The van der Waals surface area contributed by atoms with Crippen molar-refractivity contribution in [1.82, 2.24) is 15.5 Å². The summed E-state index contributed by atoms with van der Waals surface area (Å²) in [4.78, 5) is 18.9. The van der Waals surface area contributed by atoms with Gasteiger partial charge in [0.15, 0.2) is 5.96 Å². The lowest BCUT2D eigenvalue weighted by molar-refractivity contribution is 0.0954. The first kappa shape index (κ1) is 23.1. The molecule has 1 amide bonds. The van der Waals surface area contributed by atoms with E-state index in [1.807, 2.05) is 38.2 Å². The summed E-state index contributed by atoms with van der Waals surface area (Å²) in [6, 6.07) is 7.64. The van der Waals surface area contributed by atoms with Crippen molar-refractivity contribution in [3.63, 3.8) is 0 Å². The molecule has 146 valence electrons. The second-order valence-corrected chi connectivity index (χ2v) is 8.05. The van der Waals surface area contributed by atoms with E-state index in [1.54, 1.807) is 0 Å². The molecule has 0 aliphatic carbocycles. The van der Waals surface area contributed by atoms with Crippen molar-refractivity contribution < 1.29 is 4.79 Å². The topological polar surface area (TPSA) is 56.7 Å². The second-order valence-electron chi connectivity index (χ2n) is 6.70. The van der Waals surface area contributed by atoms with Gasteiger partial charge in [-0.3, -0.25) is 9.79 Å². The number of halogens is 1. The summed E-state index contributed by atoms with van der Waals surface area (Å²) in [6.45, 7) is 9.82. The number of hydrogen-bond donors (Lipinski definition) is 2. The van der Waals surface area contributed by atoms with E-state index < -0.39 is 0 Å². The Morgan fingerprint density at radius 2 is 2.08 bits per heavy atom. The first-order valence-electron chi connectivity index (χ1n) is 8.93. The average Bonchev–Trinajstić information content (AvgIpc) is 2.61. The molecule has 7 heteroatoms. The maximum absolute atomic E-state index is 12.1. The van der Waals surface area contributed by atoms with Crippen LogP contribution < -0.4 is 10.6 Å². The predicted octanol–water partition coefficient (Wildman–Crippen LogP) is 2.99. The molecule has 1 saturated heterocycles. The van der Waals surface area contributed by atoms with Crippen LogP contribution >= 0.6 is 35.7 Å². The number of carbonyl (C=O) groups is 1. The van der Waals surface area contributed by atoms with Gasteiger partial charge < -0.3 is 15.5 Å². The fraction of sp³-hybridized carbons (Fsp3) is 0.579. The molecule has 0 aromatic heterocycles. The smallest absolute Gasteiger partial charge is 0.251 e. The van der Waals surface area contributed by atoms with E-state index in [1.165, 1.54) is 0 Å². The minimum atomic E-state index is -0.0327. The highest BCUT2D eigenvalue weighted by Gasteiger charge is 2.24. The summed E-state index contributed by atoms with van der Waals surface area (Å²) in [5, 5.41) is 6.97. The van der Waals surface area contributed by atoms with Crippen LogP contribution in [-0.4, -0.2) is 61.0 Å². The Morgan fingerprint density at radius 1 is 1.35 bits per heavy atom. The van der Waals surface area contributed by atoms with E-state index in [-0.39, 0.29) is 29.9 Å². The monoisotopic (exact) mass is 490 g/mol. The summed E-state index contributed by atoms with van der Waals surface area (Å²) in [7, 11) is 1.82. The van der Waals surface area contributed by atoms with Crippen molar-refractivity contribution in [3.05, 3.63) is 35.4 Å². The van der Waals surface area contributed by atoms with Gasteiger partial charge >= 0.3 is 0 Å². The van der Waals surface area contributed by atoms with Gasteiger partial charge in [0, 0.05) is 49.8 Å². The molecule has 0 radical (unpaired) electrons. The van der Waals surface area contributed by atoms with Gasteiger partial charge in [-0.05, 0) is 25.0 Å². The van der Waals surface area contributed by atoms with Crippen molar-refractivity contribution in [1.29, 1.82) is 0 Å². The molecule has 0 spiro atoms. The Bertz CT molecular complexity index is 609. The number of amides is 1. The Hall–Kier alpha value is -0.960. The Morgan fingerprint density at radius 3 is 2.73 bits per heavy atom. The molecule has 2 rings (SSSR count). The van der Waals surface area contributed by atoms with Crippen LogP contribution in [0.5, 0.6) is 0 Å². The van der Waals surface area contributed by atoms with Gasteiger partial charge in [-0.25, -0.2) is 0 Å². The maximum atomic E-state index is 12.1. The summed E-state index contributed by atoms with van der Waals surface area (Å²) >= 11 is 2.05. The van der Waals surface area contributed by atoms with E-state index in [4.69, 9.17) is 0 Å². The van der Waals surface area contributed by atoms with Crippen LogP contribution in [0.1, 0.15) is 29.8 Å². The van der Waals surface area contributed by atoms with Crippen LogP contribution in [0.4, 0.5) is 0 Å². The molecule has 1 aliphatic rings. The van der Waals surface area contributed by atoms with Crippen LogP contribution in [0.2, 0.25) is 0 Å². The lowest BCUT2D eigenvalue weighted by Crippen LogP contribution is -2.50. The number of nitrogens with zero attached hydrogens (tertiary/aromatic N) is 2. The Labute approximate surface area is 178 Å². The van der Waals surface area contributed by atoms with Crippen molar-refractivity contribution in [2.75, 3.05) is 39.0 Å². The zero-order valence-electron chi connectivity index (χ0n) is 16.1. The Balaban J connectivity index is 0.00000338. The van der Waals surface area contributed by atoms with E-state index in [0.717, 1.165) is 30.4 Å². The molecule has 1 aromatic rings. The average molecular weight is 490 g/mol. The maximum Gasteiger partial charge on any atom is 0.251 e. The summed E-state index contributed by atoms with van der Waals surface area (Å²) < 4.78 is 0. The van der Waals surface area contributed by atoms with Crippen molar-refractivity contribution >= 4 is 47.6 Å². The zero-order valence-corrected chi connectivity index (χ0v) is 19.3. The molecule has 1 aromatic carbocycles. The normalized spacial score (nSPS) is 17.7. The predicted molar refractivity (Wildman–Crippen MR) is 123 cm³/mol. The SMILES string of the molecule is CN=C(NCCNC(=O)c1cccc(C)c1)N1CCSC(C(C)C)C1.I. The van der Waals surface area contributed by atoms with Crippen molar-refractivity contribution in [2.45, 2.75) is 26.0 Å². The highest BCUT2D eigenvalue weighted by molar-refractivity contribution is 14.0. The number of benzene rings is 1. The standard InChI is InChI=1S/C19H30N4OS.HI/c1-14(2)17-13-23(10-11-25-17)19(20-4)22-9-8-21-18(24)16-7-5-6-15(3)12-16;/h5-7,12,14,17H,8-11,13H2,1-4H3,(H,20,22)(H,21,24);1H. The third-order valence-corrected chi connectivity index (χ3v) is 5.86. The lowest BCUT2D eigenvalue weighted by atomic mass is 10.1. The number of nitrogens with one attached hydrogen (secondary N) is 2. The van der Waals surface area contributed by atoms with Crippen molar-refractivity contribution in [2.24, 2.45) is 10.9 Å². The number of aryl methyl sites for hydroxylation is 1. The number of aliphatic imine (C=N–C) groups is 1. The van der Waals surface area contributed by atoms with Crippen LogP contribution in [-0.2, 0) is 0 Å². The molecule has 1 fully saturated rings. The highest BCUT2D eigenvalue weighted by Crippen LogP contribution is 2.24. The zero-order chi connectivity index (χ0) is 18.2. The molecular weight excluding hydrogens is 459 g/mol. The van der Waals surface area contributed by atoms with Gasteiger partial charge in [-0.2, -0.15) is 11.8 Å². The highest BCUT2D eigenvalue weighted by atomic mass is 127. The molecule has 2 N–H and O–H groups in total. The first-order valence-corrected chi connectivity index (χ1v) is 9.98.